The van der Waals surface area contributed by atoms with Crippen LogP contribution >= 0.6 is 0 Å². The van der Waals surface area contributed by atoms with Crippen molar-refractivity contribution in [2.45, 2.75) is 19.4 Å². The second-order valence-electron chi connectivity index (χ2n) is 3.08. The van der Waals surface area contributed by atoms with E-state index < -0.39 is 5.54 Å². The molecule has 0 aromatic carbocycles. The second kappa shape index (κ2) is 2.58. The van der Waals surface area contributed by atoms with Gasteiger partial charge in [0.2, 0.25) is 0 Å². The molecule has 0 fully saturated rings. The maximum atomic E-state index is 12.6. The molecule has 0 unspecified atom stereocenters. The normalized spacial score (nSPS) is 11.6. The lowest BCUT2D eigenvalue weighted by Gasteiger charge is -2.16. The minimum Gasteiger partial charge on any atom is -0.321 e. The van der Waals surface area contributed by atoms with Crippen LogP contribution < -0.4 is 5.73 Å². The highest BCUT2D eigenvalue weighted by Crippen LogP contribution is 2.13. The van der Waals surface area contributed by atoms with Gasteiger partial charge in [-0.05, 0) is 26.0 Å². The summed E-state index contributed by atoms with van der Waals surface area (Å²) < 4.78 is 12.6. The Balaban J connectivity index is 3.06. The van der Waals surface area contributed by atoms with Crippen LogP contribution in [0.2, 0.25) is 0 Å². The van der Waals surface area contributed by atoms with Crippen LogP contribution in [0.5, 0.6) is 0 Å². The third kappa shape index (κ3) is 1.98. The van der Waals surface area contributed by atoms with Crippen LogP contribution in [0.1, 0.15) is 19.5 Å². The minimum absolute atomic E-state index is 0.298. The summed E-state index contributed by atoms with van der Waals surface area (Å²) in [6, 6.07) is 2.65. The van der Waals surface area contributed by atoms with Crippen LogP contribution in [-0.4, -0.2) is 4.98 Å². The van der Waals surface area contributed by atoms with Gasteiger partial charge in [-0.3, -0.25) is 4.98 Å². The quantitative estimate of drug-likeness (QED) is 0.664. The molecule has 3 heteroatoms. The van der Waals surface area contributed by atoms with Gasteiger partial charge in [-0.1, -0.05) is 0 Å². The molecule has 0 aliphatic rings. The van der Waals surface area contributed by atoms with Crippen molar-refractivity contribution < 1.29 is 4.39 Å². The number of aromatic nitrogens is 1. The zero-order chi connectivity index (χ0) is 8.48. The molecule has 11 heavy (non-hydrogen) atoms. The van der Waals surface area contributed by atoms with E-state index in [2.05, 4.69) is 4.98 Å². The highest BCUT2D eigenvalue weighted by molar-refractivity contribution is 5.13. The molecule has 0 radical (unpaired) electrons. The van der Waals surface area contributed by atoms with Crippen LogP contribution in [0.25, 0.3) is 0 Å². The van der Waals surface area contributed by atoms with Gasteiger partial charge in [0.25, 0.3) is 0 Å². The summed E-state index contributed by atoms with van der Waals surface area (Å²) in [7, 11) is 0. The third-order valence-corrected chi connectivity index (χ3v) is 1.38. The molecule has 1 heterocycles. The molecule has 1 rings (SSSR count). The Morgan fingerprint density at radius 1 is 1.55 bits per heavy atom. The summed E-state index contributed by atoms with van der Waals surface area (Å²) >= 11 is 0. The smallest absolute Gasteiger partial charge is 0.126 e. The van der Waals surface area contributed by atoms with Crippen LogP contribution in [0.3, 0.4) is 0 Å². The van der Waals surface area contributed by atoms with Crippen molar-refractivity contribution in [3.8, 4) is 0 Å². The molecule has 0 atom stereocenters. The van der Waals surface area contributed by atoms with Crippen molar-refractivity contribution in [3.05, 3.63) is 29.8 Å². The first-order valence-electron chi connectivity index (χ1n) is 3.41. The Morgan fingerprint density at radius 3 is 2.55 bits per heavy atom. The summed E-state index contributed by atoms with van der Waals surface area (Å²) in [5.41, 5.74) is 5.70. The van der Waals surface area contributed by atoms with Crippen molar-refractivity contribution >= 4 is 0 Å². The van der Waals surface area contributed by atoms with Crippen LogP contribution in [0.4, 0.5) is 4.39 Å². The number of rotatable bonds is 1. The number of pyridine rings is 1. The van der Waals surface area contributed by atoms with Crippen molar-refractivity contribution in [3.63, 3.8) is 0 Å². The van der Waals surface area contributed by atoms with Gasteiger partial charge < -0.3 is 5.73 Å². The number of hydrogen-bond acceptors (Lipinski definition) is 2. The molecular formula is C8H11FN2. The van der Waals surface area contributed by atoms with E-state index >= 15 is 0 Å². The molecular weight excluding hydrogens is 143 g/mol. The molecule has 0 spiro atoms. The average Bonchev–Trinajstić information content (AvgIpc) is 1.86. The molecule has 0 saturated heterocycles. The van der Waals surface area contributed by atoms with E-state index in [1.807, 2.05) is 0 Å². The van der Waals surface area contributed by atoms with Gasteiger partial charge in [0, 0.05) is 6.20 Å². The standard InChI is InChI=1S/C8H11FN2/c1-8(2,10)7-5-6(9)3-4-11-7/h3-5H,10H2,1-2H3. The molecule has 0 amide bonds. The van der Waals surface area contributed by atoms with Gasteiger partial charge in [0.05, 0.1) is 11.2 Å². The number of hydrogen-bond donors (Lipinski definition) is 1. The first-order valence-corrected chi connectivity index (χ1v) is 3.41. The lowest BCUT2D eigenvalue weighted by Crippen LogP contribution is -2.29. The monoisotopic (exact) mass is 154 g/mol. The third-order valence-electron chi connectivity index (χ3n) is 1.38. The average molecular weight is 154 g/mol. The Bertz CT molecular complexity index is 253. The Kier molecular flexibility index (Phi) is 1.91. The number of halogens is 1. The minimum atomic E-state index is -0.567. The van der Waals surface area contributed by atoms with Gasteiger partial charge in [-0.15, -0.1) is 0 Å². The maximum absolute atomic E-state index is 12.6. The van der Waals surface area contributed by atoms with Crippen LogP contribution in [0, 0.1) is 5.82 Å². The topological polar surface area (TPSA) is 38.9 Å². The summed E-state index contributed by atoms with van der Waals surface area (Å²) in [5, 5.41) is 0. The van der Waals surface area contributed by atoms with Gasteiger partial charge >= 0.3 is 0 Å². The molecule has 60 valence electrons. The van der Waals surface area contributed by atoms with Crippen LogP contribution in [-0.2, 0) is 5.54 Å². The molecule has 0 aliphatic carbocycles. The Morgan fingerprint density at radius 2 is 2.18 bits per heavy atom. The predicted molar refractivity (Wildman–Crippen MR) is 41.4 cm³/mol. The van der Waals surface area contributed by atoms with E-state index in [1.54, 1.807) is 13.8 Å². The molecule has 2 N–H and O–H groups in total. The van der Waals surface area contributed by atoms with E-state index in [4.69, 9.17) is 5.73 Å². The van der Waals surface area contributed by atoms with E-state index in [1.165, 1.54) is 18.3 Å². The van der Waals surface area contributed by atoms with Crippen molar-refractivity contribution in [1.29, 1.82) is 0 Å². The summed E-state index contributed by atoms with van der Waals surface area (Å²) in [6.45, 7) is 3.57. The van der Waals surface area contributed by atoms with Gasteiger partial charge in [0.15, 0.2) is 0 Å². The number of nitrogens with two attached hydrogens (primary N) is 1. The molecule has 1 aromatic heterocycles. The Labute approximate surface area is 65.3 Å². The highest BCUT2D eigenvalue weighted by atomic mass is 19.1. The molecule has 0 bridgehead atoms. The summed E-state index contributed by atoms with van der Waals surface area (Å²) in [6.07, 6.45) is 1.42. The fourth-order valence-corrected chi connectivity index (χ4v) is 0.757. The van der Waals surface area contributed by atoms with E-state index in [-0.39, 0.29) is 5.82 Å². The summed E-state index contributed by atoms with van der Waals surface area (Å²) in [5.74, 6) is -0.298. The van der Waals surface area contributed by atoms with Gasteiger partial charge in [-0.25, -0.2) is 4.39 Å². The zero-order valence-corrected chi connectivity index (χ0v) is 6.63. The first kappa shape index (κ1) is 8.14. The van der Waals surface area contributed by atoms with E-state index in [0.717, 1.165) is 0 Å². The van der Waals surface area contributed by atoms with E-state index in [0.29, 0.717) is 5.69 Å². The highest BCUT2D eigenvalue weighted by Gasteiger charge is 2.15. The van der Waals surface area contributed by atoms with Crippen LogP contribution in [0.15, 0.2) is 18.3 Å². The fraction of sp³-hybridized carbons (Fsp3) is 0.375. The fourth-order valence-electron chi connectivity index (χ4n) is 0.757. The lowest BCUT2D eigenvalue weighted by atomic mass is 10.0. The van der Waals surface area contributed by atoms with E-state index in [9.17, 15) is 4.39 Å². The molecule has 0 aliphatic heterocycles. The largest absolute Gasteiger partial charge is 0.321 e. The van der Waals surface area contributed by atoms with Gasteiger partial charge in [-0.2, -0.15) is 0 Å². The van der Waals surface area contributed by atoms with Gasteiger partial charge in [0.1, 0.15) is 5.82 Å². The molecule has 1 aromatic rings. The number of nitrogens with zero attached hydrogens (tertiary/aromatic N) is 1. The first-order chi connectivity index (χ1) is 5.00. The summed E-state index contributed by atoms with van der Waals surface area (Å²) in [4.78, 5) is 3.95. The lowest BCUT2D eigenvalue weighted by molar-refractivity contribution is 0.524. The SMILES string of the molecule is CC(C)(N)c1cc(F)ccn1. The zero-order valence-electron chi connectivity index (χ0n) is 6.63. The Hall–Kier alpha value is -0.960. The molecule has 0 saturated carbocycles. The van der Waals surface area contributed by atoms with Crippen molar-refractivity contribution in [1.82, 2.24) is 4.98 Å². The maximum Gasteiger partial charge on any atom is 0.126 e. The second-order valence-corrected chi connectivity index (χ2v) is 3.08. The van der Waals surface area contributed by atoms with Crippen molar-refractivity contribution in [2.24, 2.45) is 5.73 Å². The van der Waals surface area contributed by atoms with Crippen molar-refractivity contribution in [2.75, 3.05) is 0 Å². The molecule has 2 nitrogen and oxygen atoms in total. The predicted octanol–water partition coefficient (Wildman–Crippen LogP) is 1.41.